The molecule has 1 aliphatic rings. The number of hydrogen-bond acceptors (Lipinski definition) is 2. The minimum Gasteiger partial charge on any atom is -0.352 e. The van der Waals surface area contributed by atoms with Gasteiger partial charge in [0.25, 0.3) is 0 Å². The molecular weight excluding hydrogens is 324 g/mol. The van der Waals surface area contributed by atoms with Gasteiger partial charge in [-0.05, 0) is 5.56 Å². The van der Waals surface area contributed by atoms with Gasteiger partial charge in [0.1, 0.15) is 6.54 Å². The molecule has 0 radical (unpaired) electrons. The highest BCUT2D eigenvalue weighted by Crippen LogP contribution is 2.06. The highest BCUT2D eigenvalue weighted by molar-refractivity contribution is 5.97. The first-order valence-electron chi connectivity index (χ1n) is 9.47. The van der Waals surface area contributed by atoms with Crippen LogP contribution in [0, 0.1) is 0 Å². The zero-order valence-electron chi connectivity index (χ0n) is 15.2. The fourth-order valence-electron chi connectivity index (χ4n) is 3.40. The van der Waals surface area contributed by atoms with E-state index in [0.717, 1.165) is 12.1 Å². The maximum Gasteiger partial charge on any atom is 0.220 e. The Morgan fingerprint density at radius 2 is 1.50 bits per heavy atom. The van der Waals surface area contributed by atoms with Crippen molar-refractivity contribution < 1.29 is 14.5 Å². The van der Waals surface area contributed by atoms with Crippen molar-refractivity contribution in [2.75, 3.05) is 13.1 Å². The number of rotatable bonds is 8. The van der Waals surface area contributed by atoms with Gasteiger partial charge in [0.2, 0.25) is 5.91 Å². The third kappa shape index (κ3) is 5.53. The van der Waals surface area contributed by atoms with Gasteiger partial charge in [-0.3, -0.25) is 9.59 Å². The van der Waals surface area contributed by atoms with Crippen LogP contribution in [-0.2, 0) is 17.9 Å². The van der Waals surface area contributed by atoms with Crippen LogP contribution < -0.4 is 10.2 Å². The minimum atomic E-state index is -0.0835. The van der Waals surface area contributed by atoms with Crippen molar-refractivity contribution in [3.8, 4) is 0 Å². The predicted molar refractivity (Wildman–Crippen MR) is 102 cm³/mol. The highest BCUT2D eigenvalue weighted by atomic mass is 16.2. The molecule has 0 bridgehead atoms. The van der Waals surface area contributed by atoms with E-state index in [1.54, 1.807) is 17.0 Å². The van der Waals surface area contributed by atoms with Crippen LogP contribution in [0.15, 0.2) is 54.6 Å². The van der Waals surface area contributed by atoms with Crippen molar-refractivity contribution >= 4 is 11.7 Å². The third-order valence-corrected chi connectivity index (χ3v) is 4.95. The fraction of sp³-hybridized carbons (Fsp3) is 0.364. The van der Waals surface area contributed by atoms with E-state index in [2.05, 4.69) is 29.6 Å². The lowest BCUT2D eigenvalue weighted by Gasteiger charge is -2.12. The molecule has 1 amide bonds. The summed E-state index contributed by atoms with van der Waals surface area (Å²) in [5.74, 6) is -0.0746. The quantitative estimate of drug-likeness (QED) is 0.716. The van der Waals surface area contributed by atoms with Gasteiger partial charge >= 0.3 is 0 Å². The van der Waals surface area contributed by atoms with E-state index in [0.29, 0.717) is 12.1 Å². The van der Waals surface area contributed by atoms with Crippen molar-refractivity contribution in [1.82, 2.24) is 5.32 Å². The number of hydrogen-bond donors (Lipinski definition) is 2. The second-order valence-electron chi connectivity index (χ2n) is 7.02. The van der Waals surface area contributed by atoms with Crippen LogP contribution in [0.3, 0.4) is 0 Å². The molecule has 0 aromatic heterocycles. The number of benzene rings is 2. The summed E-state index contributed by atoms with van der Waals surface area (Å²) in [6.45, 7) is 4.16. The second kappa shape index (κ2) is 9.30. The van der Waals surface area contributed by atoms with E-state index >= 15 is 0 Å². The summed E-state index contributed by atoms with van der Waals surface area (Å²) in [4.78, 5) is 25.7. The number of quaternary nitrogens is 1. The molecule has 0 atom stereocenters. The van der Waals surface area contributed by atoms with E-state index in [9.17, 15) is 9.59 Å². The predicted octanol–water partition coefficient (Wildman–Crippen LogP) is 2.14. The maximum absolute atomic E-state index is 12.0. The van der Waals surface area contributed by atoms with Crippen LogP contribution in [0.25, 0.3) is 0 Å². The number of likely N-dealkylation sites (tertiary alicyclic amines) is 1. The van der Waals surface area contributed by atoms with Gasteiger partial charge in [-0.15, -0.1) is 0 Å². The average Bonchev–Trinajstić information content (AvgIpc) is 3.19. The maximum atomic E-state index is 12.0. The number of nitrogens with one attached hydrogen (secondary N) is 2. The zero-order chi connectivity index (χ0) is 18.2. The Labute approximate surface area is 155 Å². The molecule has 1 aliphatic heterocycles. The van der Waals surface area contributed by atoms with E-state index in [1.165, 1.54) is 31.5 Å². The van der Waals surface area contributed by atoms with Crippen LogP contribution in [-0.4, -0.2) is 24.8 Å². The zero-order valence-corrected chi connectivity index (χ0v) is 15.2. The first-order chi connectivity index (χ1) is 12.7. The van der Waals surface area contributed by atoms with Gasteiger partial charge in [0.15, 0.2) is 5.78 Å². The molecule has 26 heavy (non-hydrogen) atoms. The molecule has 1 heterocycles. The van der Waals surface area contributed by atoms with Crippen LogP contribution in [0.2, 0.25) is 0 Å². The van der Waals surface area contributed by atoms with Gasteiger partial charge in [-0.2, -0.15) is 0 Å². The molecule has 0 unspecified atom stereocenters. The normalized spacial score (nSPS) is 14.3. The molecule has 1 saturated heterocycles. The van der Waals surface area contributed by atoms with Crippen LogP contribution in [0.4, 0.5) is 0 Å². The smallest absolute Gasteiger partial charge is 0.220 e. The van der Waals surface area contributed by atoms with Crippen molar-refractivity contribution in [2.45, 2.75) is 38.8 Å². The van der Waals surface area contributed by atoms with E-state index in [1.807, 2.05) is 18.2 Å². The second-order valence-corrected chi connectivity index (χ2v) is 7.02. The van der Waals surface area contributed by atoms with Gasteiger partial charge in [-0.1, -0.05) is 54.6 Å². The molecular formula is C22H27N2O2+. The van der Waals surface area contributed by atoms with E-state index in [-0.39, 0.29) is 24.5 Å². The molecule has 2 aromatic rings. The number of ketones is 1. The Morgan fingerprint density at radius 1 is 0.846 bits per heavy atom. The Balaban J connectivity index is 1.39. The first-order valence-corrected chi connectivity index (χ1v) is 9.47. The molecule has 1 fully saturated rings. The summed E-state index contributed by atoms with van der Waals surface area (Å²) in [6.07, 6.45) is 3.15. The fourth-order valence-corrected chi connectivity index (χ4v) is 3.40. The van der Waals surface area contributed by atoms with Gasteiger partial charge < -0.3 is 10.2 Å². The largest absolute Gasteiger partial charge is 0.352 e. The van der Waals surface area contributed by atoms with Crippen molar-refractivity contribution in [3.05, 3.63) is 71.3 Å². The van der Waals surface area contributed by atoms with Crippen LogP contribution >= 0.6 is 0 Å². The Kier molecular flexibility index (Phi) is 6.56. The van der Waals surface area contributed by atoms with Crippen LogP contribution in [0.1, 0.15) is 47.2 Å². The average molecular weight is 351 g/mol. The summed E-state index contributed by atoms with van der Waals surface area (Å²) in [6, 6.07) is 17.6. The standard InChI is InChI=1S/C22H26N2O2/c25-21(20-6-2-1-3-7-20)12-13-22(26)23-16-18-8-10-19(11-9-18)17-24-14-4-5-15-24/h1-3,6-11H,4-5,12-17H2,(H,23,26)/p+1. The van der Waals surface area contributed by atoms with Gasteiger partial charge in [-0.25, -0.2) is 0 Å². The van der Waals surface area contributed by atoms with E-state index < -0.39 is 0 Å². The molecule has 0 aliphatic carbocycles. The molecule has 2 aromatic carbocycles. The van der Waals surface area contributed by atoms with Crippen molar-refractivity contribution in [2.24, 2.45) is 0 Å². The van der Waals surface area contributed by atoms with Crippen LogP contribution in [0.5, 0.6) is 0 Å². The molecule has 136 valence electrons. The monoisotopic (exact) mass is 351 g/mol. The SMILES string of the molecule is O=C(CCC(=O)c1ccccc1)NCc1ccc(C[NH+]2CCCC2)cc1. The number of Topliss-reactive ketones (excluding diaryl/α,β-unsaturated/α-hetero) is 1. The molecule has 0 spiro atoms. The highest BCUT2D eigenvalue weighted by Gasteiger charge is 2.15. The van der Waals surface area contributed by atoms with Crippen molar-refractivity contribution in [1.29, 1.82) is 0 Å². The molecule has 2 N–H and O–H groups in total. The van der Waals surface area contributed by atoms with Gasteiger partial charge in [0.05, 0.1) is 13.1 Å². The minimum absolute atomic E-state index is 0.00881. The summed E-state index contributed by atoms with van der Waals surface area (Å²) in [5, 5.41) is 2.90. The summed E-state index contributed by atoms with van der Waals surface area (Å²) < 4.78 is 0. The summed E-state index contributed by atoms with van der Waals surface area (Å²) >= 11 is 0. The summed E-state index contributed by atoms with van der Waals surface area (Å²) in [7, 11) is 0. The third-order valence-electron chi connectivity index (χ3n) is 4.95. The Bertz CT molecular complexity index is 720. The van der Waals surface area contributed by atoms with Gasteiger partial charge in [0, 0.05) is 43.4 Å². The lowest BCUT2D eigenvalue weighted by molar-refractivity contribution is -0.901. The summed E-state index contributed by atoms with van der Waals surface area (Å²) in [5.41, 5.74) is 3.11. The number of carbonyl (C=O) groups excluding carboxylic acids is 2. The Hall–Kier alpha value is -2.46. The lowest BCUT2D eigenvalue weighted by atomic mass is 10.1. The first kappa shape index (κ1) is 18.3. The Morgan fingerprint density at radius 3 is 2.19 bits per heavy atom. The lowest BCUT2D eigenvalue weighted by Crippen LogP contribution is -3.08. The molecule has 4 nitrogen and oxygen atoms in total. The number of carbonyl (C=O) groups is 2. The molecule has 4 heteroatoms. The van der Waals surface area contributed by atoms with Crippen molar-refractivity contribution in [3.63, 3.8) is 0 Å². The number of amides is 1. The topological polar surface area (TPSA) is 50.6 Å². The van der Waals surface area contributed by atoms with E-state index in [4.69, 9.17) is 0 Å². The molecule has 3 rings (SSSR count). The molecule has 0 saturated carbocycles.